The summed E-state index contributed by atoms with van der Waals surface area (Å²) in [6.45, 7) is 2.38. The predicted octanol–water partition coefficient (Wildman–Crippen LogP) is 2.30. The fraction of sp³-hybridized carbons (Fsp3) is 0.364. The Morgan fingerprint density at radius 1 is 1.41 bits per heavy atom. The van der Waals surface area contributed by atoms with Crippen LogP contribution in [0.3, 0.4) is 0 Å². The van der Waals surface area contributed by atoms with E-state index >= 15 is 0 Å². The molecular formula is C11H13Cl2NO3. The van der Waals surface area contributed by atoms with Crippen LogP contribution in [0.5, 0.6) is 5.75 Å². The molecule has 0 fully saturated rings. The van der Waals surface area contributed by atoms with Gasteiger partial charge < -0.3 is 15.5 Å². The van der Waals surface area contributed by atoms with Gasteiger partial charge in [-0.2, -0.15) is 0 Å². The zero-order valence-corrected chi connectivity index (χ0v) is 10.7. The minimum absolute atomic E-state index is 0.119. The van der Waals surface area contributed by atoms with E-state index in [1.165, 1.54) is 12.1 Å². The van der Waals surface area contributed by atoms with Crippen LogP contribution in [0.1, 0.15) is 12.5 Å². The molecule has 0 amide bonds. The molecule has 3 N–H and O–H groups in total. The molecule has 0 heterocycles. The van der Waals surface area contributed by atoms with E-state index in [4.69, 9.17) is 28.3 Å². The third-order valence-electron chi connectivity index (χ3n) is 2.27. The number of aliphatic carboxylic acids is 1. The lowest BCUT2D eigenvalue weighted by atomic mass is 10.1. The van der Waals surface area contributed by atoms with Crippen LogP contribution >= 0.6 is 23.2 Å². The first-order valence-electron chi connectivity index (χ1n) is 5.08. The van der Waals surface area contributed by atoms with Gasteiger partial charge in [0.2, 0.25) is 0 Å². The quantitative estimate of drug-likeness (QED) is 0.773. The molecule has 0 radical (unpaired) electrons. The van der Waals surface area contributed by atoms with Crippen LogP contribution in [0.15, 0.2) is 12.1 Å². The molecule has 6 heteroatoms. The van der Waals surface area contributed by atoms with Crippen molar-refractivity contribution in [1.29, 1.82) is 0 Å². The van der Waals surface area contributed by atoms with Crippen LogP contribution in [0.2, 0.25) is 10.0 Å². The van der Waals surface area contributed by atoms with E-state index in [-0.39, 0.29) is 22.2 Å². The third-order valence-corrected chi connectivity index (χ3v) is 2.84. The minimum atomic E-state index is -0.938. The highest BCUT2D eigenvalue weighted by Gasteiger charge is 2.17. The van der Waals surface area contributed by atoms with Crippen LogP contribution in [0.4, 0.5) is 0 Å². The summed E-state index contributed by atoms with van der Waals surface area (Å²) in [4.78, 5) is 11.0. The monoisotopic (exact) mass is 277 g/mol. The lowest BCUT2D eigenvalue weighted by molar-refractivity contribution is -0.139. The number of rotatable bonds is 5. The first kappa shape index (κ1) is 14.1. The van der Waals surface area contributed by atoms with Gasteiger partial charge in [-0.25, -0.2) is 0 Å². The Labute approximate surface area is 109 Å². The molecule has 1 rings (SSSR count). The lowest BCUT2D eigenvalue weighted by Crippen LogP contribution is -2.38. The molecule has 1 aromatic rings. The summed E-state index contributed by atoms with van der Waals surface area (Å²) < 4.78 is 0. The van der Waals surface area contributed by atoms with E-state index < -0.39 is 12.0 Å². The molecule has 4 nitrogen and oxygen atoms in total. The van der Waals surface area contributed by atoms with Crippen LogP contribution in [-0.4, -0.2) is 28.8 Å². The van der Waals surface area contributed by atoms with E-state index in [1.807, 2.05) is 6.92 Å². The largest absolute Gasteiger partial charge is 0.505 e. The minimum Gasteiger partial charge on any atom is -0.505 e. The normalized spacial score (nSPS) is 12.4. The van der Waals surface area contributed by atoms with Crippen LogP contribution in [-0.2, 0) is 11.2 Å². The van der Waals surface area contributed by atoms with Crippen LogP contribution < -0.4 is 5.32 Å². The third kappa shape index (κ3) is 3.77. The van der Waals surface area contributed by atoms with Gasteiger partial charge in [0.05, 0.1) is 10.0 Å². The SMILES string of the molecule is CCNC(Cc1cc(Cl)c(O)c(Cl)c1)C(=O)O. The Kier molecular flexibility index (Phi) is 5.05. The zero-order chi connectivity index (χ0) is 13.0. The number of carboxylic acids is 1. The molecule has 0 aromatic heterocycles. The van der Waals surface area contributed by atoms with Crippen molar-refractivity contribution in [2.24, 2.45) is 0 Å². The summed E-state index contributed by atoms with van der Waals surface area (Å²) in [6.07, 6.45) is 0.253. The number of halogens is 2. The molecule has 0 bridgehead atoms. The van der Waals surface area contributed by atoms with Gasteiger partial charge in [-0.3, -0.25) is 4.79 Å². The molecule has 17 heavy (non-hydrogen) atoms. The van der Waals surface area contributed by atoms with E-state index in [9.17, 15) is 9.90 Å². The zero-order valence-electron chi connectivity index (χ0n) is 9.20. The van der Waals surface area contributed by atoms with Gasteiger partial charge in [0, 0.05) is 0 Å². The Balaban J connectivity index is 2.90. The number of likely N-dealkylation sites (N-methyl/N-ethyl adjacent to an activating group) is 1. The van der Waals surface area contributed by atoms with Gasteiger partial charge in [-0.15, -0.1) is 0 Å². The summed E-state index contributed by atoms with van der Waals surface area (Å²) in [7, 11) is 0. The van der Waals surface area contributed by atoms with E-state index in [0.29, 0.717) is 12.1 Å². The van der Waals surface area contributed by atoms with Crippen molar-refractivity contribution in [2.45, 2.75) is 19.4 Å². The predicted molar refractivity (Wildman–Crippen MR) is 66.9 cm³/mol. The maximum atomic E-state index is 11.0. The molecule has 94 valence electrons. The highest BCUT2D eigenvalue weighted by molar-refractivity contribution is 6.37. The van der Waals surface area contributed by atoms with Gasteiger partial charge in [0.25, 0.3) is 0 Å². The Bertz CT molecular complexity index is 400. The van der Waals surface area contributed by atoms with Crippen molar-refractivity contribution in [1.82, 2.24) is 5.32 Å². The molecule has 1 aromatic carbocycles. The van der Waals surface area contributed by atoms with Gasteiger partial charge >= 0.3 is 5.97 Å². The number of carboxylic acid groups (broad SMARTS) is 1. The number of carbonyl (C=O) groups is 1. The topological polar surface area (TPSA) is 69.6 Å². The van der Waals surface area contributed by atoms with Crippen molar-refractivity contribution in [2.75, 3.05) is 6.54 Å². The number of phenolic OH excluding ortho intramolecular Hbond substituents is 1. The highest BCUT2D eigenvalue weighted by Crippen LogP contribution is 2.32. The summed E-state index contributed by atoms with van der Waals surface area (Å²) in [5, 5.41) is 21.4. The first-order valence-corrected chi connectivity index (χ1v) is 5.84. The van der Waals surface area contributed by atoms with Crippen molar-refractivity contribution in [3.8, 4) is 5.75 Å². The average molecular weight is 278 g/mol. The molecule has 0 aliphatic carbocycles. The number of aromatic hydroxyl groups is 1. The fourth-order valence-corrected chi connectivity index (χ4v) is 2.00. The summed E-state index contributed by atoms with van der Waals surface area (Å²) >= 11 is 11.5. The van der Waals surface area contributed by atoms with Crippen molar-refractivity contribution in [3.05, 3.63) is 27.7 Å². The molecule has 1 unspecified atom stereocenters. The lowest BCUT2D eigenvalue weighted by Gasteiger charge is -2.13. The standard InChI is InChI=1S/C11H13Cl2NO3/c1-2-14-9(11(16)17)5-6-3-7(12)10(15)8(13)4-6/h3-4,9,14-15H,2,5H2,1H3,(H,16,17). The molecular weight excluding hydrogens is 265 g/mol. The fourth-order valence-electron chi connectivity index (χ4n) is 1.46. The van der Waals surface area contributed by atoms with Crippen molar-refractivity contribution < 1.29 is 15.0 Å². The molecule has 0 spiro atoms. The van der Waals surface area contributed by atoms with Gasteiger partial charge in [0.1, 0.15) is 6.04 Å². The highest BCUT2D eigenvalue weighted by atomic mass is 35.5. The van der Waals surface area contributed by atoms with E-state index in [2.05, 4.69) is 5.32 Å². The molecule has 0 aliphatic rings. The van der Waals surface area contributed by atoms with Crippen molar-refractivity contribution in [3.63, 3.8) is 0 Å². The Morgan fingerprint density at radius 3 is 2.35 bits per heavy atom. The maximum Gasteiger partial charge on any atom is 0.321 e. The number of phenols is 1. The Hall–Kier alpha value is -0.970. The van der Waals surface area contributed by atoms with Crippen LogP contribution in [0.25, 0.3) is 0 Å². The number of nitrogens with one attached hydrogen (secondary N) is 1. The van der Waals surface area contributed by atoms with E-state index in [1.54, 1.807) is 0 Å². The number of benzene rings is 1. The maximum absolute atomic E-state index is 11.0. The summed E-state index contributed by atoms with van der Waals surface area (Å²) in [5.41, 5.74) is 0.658. The van der Waals surface area contributed by atoms with Gasteiger partial charge in [0.15, 0.2) is 5.75 Å². The second-order valence-electron chi connectivity index (χ2n) is 3.56. The summed E-state index contributed by atoms with van der Waals surface area (Å²) in [5.74, 6) is -1.13. The molecule has 0 aliphatic heterocycles. The van der Waals surface area contributed by atoms with E-state index in [0.717, 1.165) is 0 Å². The molecule has 1 atom stereocenters. The second kappa shape index (κ2) is 6.10. The smallest absolute Gasteiger partial charge is 0.321 e. The number of hydrogen-bond acceptors (Lipinski definition) is 3. The Morgan fingerprint density at radius 2 is 1.94 bits per heavy atom. The number of hydrogen-bond donors (Lipinski definition) is 3. The van der Waals surface area contributed by atoms with Crippen LogP contribution in [0, 0.1) is 0 Å². The van der Waals surface area contributed by atoms with Gasteiger partial charge in [-0.1, -0.05) is 30.1 Å². The average Bonchev–Trinajstić information content (AvgIpc) is 2.25. The molecule has 0 saturated heterocycles. The first-order chi connectivity index (χ1) is 7.95. The molecule has 0 saturated carbocycles. The van der Waals surface area contributed by atoms with Crippen molar-refractivity contribution >= 4 is 29.2 Å². The van der Waals surface area contributed by atoms with Gasteiger partial charge in [-0.05, 0) is 30.7 Å². The summed E-state index contributed by atoms with van der Waals surface area (Å²) in [6, 6.07) is 2.32. The second-order valence-corrected chi connectivity index (χ2v) is 4.38.